The molecule has 0 saturated heterocycles. The summed E-state index contributed by atoms with van der Waals surface area (Å²) in [6.45, 7) is 2.24. The maximum atomic E-state index is 12.2. The topological polar surface area (TPSA) is 77.8 Å². The molecule has 0 saturated carbocycles. The monoisotopic (exact) mass is 428 g/mol. The molecule has 26 heavy (non-hydrogen) atoms. The summed E-state index contributed by atoms with van der Waals surface area (Å²) in [6.07, 6.45) is 15.1. The van der Waals surface area contributed by atoms with Crippen LogP contribution < -0.4 is 0 Å². The normalized spacial score (nSPS) is 11.0. The number of phenols is 3. The second kappa shape index (κ2) is 13.0. The van der Waals surface area contributed by atoms with Crippen LogP contribution in [0.1, 0.15) is 101 Å². The van der Waals surface area contributed by atoms with Crippen LogP contribution in [0.3, 0.4) is 0 Å². The summed E-state index contributed by atoms with van der Waals surface area (Å²) >= 11 is 3.07. The van der Waals surface area contributed by atoms with Crippen LogP contribution in [-0.4, -0.2) is 21.1 Å². The van der Waals surface area contributed by atoms with Crippen LogP contribution in [0, 0.1) is 0 Å². The summed E-state index contributed by atoms with van der Waals surface area (Å²) in [5, 5.41) is 28.9. The van der Waals surface area contributed by atoms with E-state index in [-0.39, 0.29) is 15.8 Å². The third-order valence-electron chi connectivity index (χ3n) is 4.76. The van der Waals surface area contributed by atoms with Gasteiger partial charge in [0.25, 0.3) is 0 Å². The molecule has 148 valence electrons. The minimum Gasteiger partial charge on any atom is -0.504 e. The fraction of sp³-hybridized carbons (Fsp3) is 0.667. The fourth-order valence-electron chi connectivity index (χ4n) is 3.09. The summed E-state index contributed by atoms with van der Waals surface area (Å²) < 4.78 is 0.200. The molecule has 0 amide bonds. The molecule has 1 aromatic rings. The van der Waals surface area contributed by atoms with Crippen molar-refractivity contribution in [2.75, 3.05) is 0 Å². The molecule has 3 N–H and O–H groups in total. The number of carbonyl (C=O) groups excluding carboxylic acids is 1. The number of ketones is 1. The number of rotatable bonds is 14. The first-order chi connectivity index (χ1) is 12.5. The minimum atomic E-state index is -0.655. The number of halogens is 1. The average molecular weight is 429 g/mol. The second-order valence-electron chi connectivity index (χ2n) is 7.01. The van der Waals surface area contributed by atoms with Crippen LogP contribution in [0.2, 0.25) is 0 Å². The summed E-state index contributed by atoms with van der Waals surface area (Å²) in [7, 11) is 0. The van der Waals surface area contributed by atoms with E-state index in [1.165, 1.54) is 63.9 Å². The molecule has 0 aliphatic heterocycles. The third kappa shape index (κ3) is 7.98. The summed E-state index contributed by atoms with van der Waals surface area (Å²) in [5.74, 6) is -1.87. The molecule has 0 aromatic heterocycles. The van der Waals surface area contributed by atoms with E-state index in [0.717, 1.165) is 19.3 Å². The highest BCUT2D eigenvalue weighted by Gasteiger charge is 2.19. The Bertz CT molecular complexity index is 557. The Morgan fingerprint density at radius 1 is 0.769 bits per heavy atom. The number of hydrogen-bond donors (Lipinski definition) is 3. The average Bonchev–Trinajstić information content (AvgIpc) is 2.63. The van der Waals surface area contributed by atoms with Crippen LogP contribution in [0.4, 0.5) is 0 Å². The third-order valence-corrected chi connectivity index (χ3v) is 5.36. The van der Waals surface area contributed by atoms with Crippen LogP contribution in [-0.2, 0) is 0 Å². The van der Waals surface area contributed by atoms with Crippen molar-refractivity contribution >= 4 is 21.7 Å². The number of unbranched alkanes of at least 4 members (excludes halogenated alkanes) is 11. The van der Waals surface area contributed by atoms with Crippen LogP contribution in [0.5, 0.6) is 17.2 Å². The Morgan fingerprint density at radius 3 is 1.73 bits per heavy atom. The van der Waals surface area contributed by atoms with E-state index in [1.807, 2.05) is 0 Å². The van der Waals surface area contributed by atoms with Gasteiger partial charge in [0.15, 0.2) is 17.3 Å². The zero-order valence-corrected chi connectivity index (χ0v) is 17.5. The van der Waals surface area contributed by atoms with Gasteiger partial charge in [-0.05, 0) is 28.4 Å². The van der Waals surface area contributed by atoms with E-state index in [1.54, 1.807) is 0 Å². The van der Waals surface area contributed by atoms with Crippen molar-refractivity contribution in [3.05, 3.63) is 16.1 Å². The number of carbonyl (C=O) groups is 1. The summed E-state index contributed by atoms with van der Waals surface area (Å²) in [4.78, 5) is 12.2. The lowest BCUT2D eigenvalue weighted by molar-refractivity contribution is 0.0975. The number of phenolic OH excluding ortho intramolecular Hbond substituents is 3. The Balaban J connectivity index is 2.13. The van der Waals surface area contributed by atoms with Crippen molar-refractivity contribution < 1.29 is 20.1 Å². The van der Waals surface area contributed by atoms with Gasteiger partial charge in [0, 0.05) is 6.42 Å². The van der Waals surface area contributed by atoms with Crippen molar-refractivity contribution in [2.24, 2.45) is 0 Å². The van der Waals surface area contributed by atoms with Gasteiger partial charge in [-0.3, -0.25) is 4.79 Å². The molecule has 0 fully saturated rings. The smallest absolute Gasteiger partial charge is 0.202 e. The molecule has 0 unspecified atom stereocenters. The predicted octanol–water partition coefficient (Wildman–Crippen LogP) is 6.84. The van der Waals surface area contributed by atoms with Crippen molar-refractivity contribution in [1.29, 1.82) is 0 Å². The van der Waals surface area contributed by atoms with Gasteiger partial charge >= 0.3 is 0 Å². The first-order valence-electron chi connectivity index (χ1n) is 9.95. The van der Waals surface area contributed by atoms with Crippen LogP contribution >= 0.6 is 15.9 Å². The van der Waals surface area contributed by atoms with Gasteiger partial charge in [-0.15, -0.1) is 0 Å². The van der Waals surface area contributed by atoms with Gasteiger partial charge in [-0.1, -0.05) is 77.6 Å². The van der Waals surface area contributed by atoms with Crippen LogP contribution in [0.15, 0.2) is 10.5 Å². The maximum absolute atomic E-state index is 12.2. The second-order valence-corrected chi connectivity index (χ2v) is 7.87. The zero-order valence-electron chi connectivity index (χ0n) is 15.9. The molecular weight excluding hydrogens is 396 g/mol. The van der Waals surface area contributed by atoms with Gasteiger partial charge in [0.1, 0.15) is 0 Å². The minimum absolute atomic E-state index is 0.0512. The highest BCUT2D eigenvalue weighted by atomic mass is 79.9. The van der Waals surface area contributed by atoms with E-state index in [0.29, 0.717) is 6.42 Å². The summed E-state index contributed by atoms with van der Waals surface area (Å²) in [6, 6.07) is 1.35. The molecule has 0 aliphatic rings. The molecule has 1 aromatic carbocycles. The Labute approximate surface area is 165 Å². The van der Waals surface area contributed by atoms with Gasteiger partial charge < -0.3 is 15.3 Å². The Hall–Kier alpha value is -1.23. The Morgan fingerprint density at radius 2 is 1.23 bits per heavy atom. The molecule has 0 heterocycles. The molecule has 0 spiro atoms. The molecule has 1 rings (SSSR count). The fourth-order valence-corrected chi connectivity index (χ4v) is 3.51. The highest BCUT2D eigenvalue weighted by Crippen LogP contribution is 2.43. The van der Waals surface area contributed by atoms with E-state index in [4.69, 9.17) is 0 Å². The Kier molecular flexibility index (Phi) is 11.4. The summed E-state index contributed by atoms with van der Waals surface area (Å²) in [5.41, 5.74) is 0.0512. The number of hydrogen-bond acceptors (Lipinski definition) is 4. The van der Waals surface area contributed by atoms with Gasteiger partial charge in [-0.2, -0.15) is 0 Å². The molecule has 0 bridgehead atoms. The molecule has 0 aliphatic carbocycles. The maximum Gasteiger partial charge on any atom is 0.202 e. The zero-order chi connectivity index (χ0) is 19.4. The lowest BCUT2D eigenvalue weighted by atomic mass is 10.0. The highest BCUT2D eigenvalue weighted by molar-refractivity contribution is 9.10. The lowest BCUT2D eigenvalue weighted by Gasteiger charge is -2.09. The molecule has 4 nitrogen and oxygen atoms in total. The van der Waals surface area contributed by atoms with E-state index >= 15 is 0 Å². The van der Waals surface area contributed by atoms with Gasteiger partial charge in [-0.25, -0.2) is 0 Å². The van der Waals surface area contributed by atoms with E-state index in [9.17, 15) is 20.1 Å². The largest absolute Gasteiger partial charge is 0.504 e. The number of Topliss-reactive ketones (excluding diaryl/α,β-unsaturated/α-hetero) is 1. The predicted molar refractivity (Wildman–Crippen MR) is 109 cm³/mol. The molecule has 0 atom stereocenters. The van der Waals surface area contributed by atoms with E-state index in [2.05, 4.69) is 22.9 Å². The lowest BCUT2D eigenvalue weighted by Crippen LogP contribution is -2.00. The first kappa shape index (κ1) is 22.8. The van der Waals surface area contributed by atoms with Crippen LogP contribution in [0.25, 0.3) is 0 Å². The van der Waals surface area contributed by atoms with Crippen molar-refractivity contribution in [3.8, 4) is 17.2 Å². The van der Waals surface area contributed by atoms with Gasteiger partial charge in [0.2, 0.25) is 5.75 Å². The van der Waals surface area contributed by atoms with Crippen molar-refractivity contribution in [3.63, 3.8) is 0 Å². The van der Waals surface area contributed by atoms with Crippen molar-refractivity contribution in [2.45, 2.75) is 90.4 Å². The molecule has 5 heteroatoms. The standard InChI is InChI=1S/C21H33BrO4/c1-2-3-4-5-6-7-8-9-10-11-12-13-14-18(23)16-15-17(22)20(25)21(26)19(16)24/h15,24-26H,2-14H2,1H3. The number of benzene rings is 1. The molecular formula is C21H33BrO4. The van der Waals surface area contributed by atoms with Gasteiger partial charge in [0.05, 0.1) is 10.0 Å². The quantitative estimate of drug-likeness (QED) is 0.172. The molecule has 0 radical (unpaired) electrons. The van der Waals surface area contributed by atoms with E-state index < -0.39 is 17.2 Å². The SMILES string of the molecule is CCCCCCCCCCCCCCC(=O)c1cc(Br)c(O)c(O)c1O. The van der Waals surface area contributed by atoms with Crippen molar-refractivity contribution in [1.82, 2.24) is 0 Å². The first-order valence-corrected chi connectivity index (χ1v) is 10.7. The number of aromatic hydroxyl groups is 3.